The summed E-state index contributed by atoms with van der Waals surface area (Å²) in [4.78, 5) is 0. The molecule has 2 N–H and O–H groups in total. The van der Waals surface area contributed by atoms with Crippen LogP contribution >= 0.6 is 0 Å². The molecular formula is C11H7F3N4O. The Balaban J connectivity index is 2.08. The Kier molecular flexibility index (Phi) is 2.28. The molecule has 2 heterocycles. The smallest absolute Gasteiger partial charge is 0.380 e. The topological polar surface area (TPSA) is 69.9 Å². The quantitative estimate of drug-likeness (QED) is 0.736. The molecule has 0 atom stereocenters. The predicted octanol–water partition coefficient (Wildman–Crippen LogP) is 2.61. The Bertz CT molecular complexity index is 744. The normalized spacial score (nSPS) is 12.2. The Labute approximate surface area is 104 Å². The molecule has 3 aromatic rings. The summed E-state index contributed by atoms with van der Waals surface area (Å²) in [5, 5.41) is 7.57. The summed E-state index contributed by atoms with van der Waals surface area (Å²) in [6.07, 6.45) is -3.24. The van der Waals surface area contributed by atoms with Crippen LogP contribution in [0.25, 0.3) is 16.7 Å². The zero-order valence-corrected chi connectivity index (χ0v) is 9.35. The Morgan fingerprint density at radius 1 is 1.21 bits per heavy atom. The summed E-state index contributed by atoms with van der Waals surface area (Å²) in [6, 6.07) is 5.61. The lowest BCUT2D eigenvalue weighted by Gasteiger charge is -2.02. The molecular weight excluding hydrogens is 261 g/mol. The molecule has 0 saturated carbocycles. The lowest BCUT2D eigenvalue weighted by atomic mass is 10.2. The summed E-state index contributed by atoms with van der Waals surface area (Å²) in [7, 11) is 0. The zero-order chi connectivity index (χ0) is 13.6. The molecule has 0 fully saturated rings. The van der Waals surface area contributed by atoms with Crippen LogP contribution < -0.4 is 5.73 Å². The minimum absolute atomic E-state index is 0.181. The van der Waals surface area contributed by atoms with Crippen LogP contribution in [0.1, 0.15) is 5.69 Å². The molecule has 5 nitrogen and oxygen atoms in total. The van der Waals surface area contributed by atoms with Gasteiger partial charge in [-0.2, -0.15) is 18.3 Å². The van der Waals surface area contributed by atoms with Crippen LogP contribution in [0.3, 0.4) is 0 Å². The van der Waals surface area contributed by atoms with Gasteiger partial charge in [0, 0.05) is 6.20 Å². The first-order valence-corrected chi connectivity index (χ1v) is 5.23. The van der Waals surface area contributed by atoms with Crippen LogP contribution in [-0.2, 0) is 6.18 Å². The van der Waals surface area contributed by atoms with E-state index in [-0.39, 0.29) is 5.82 Å². The summed E-state index contributed by atoms with van der Waals surface area (Å²) in [6.45, 7) is 0. The van der Waals surface area contributed by atoms with Crippen molar-refractivity contribution < 1.29 is 17.7 Å². The Morgan fingerprint density at radius 2 is 2.00 bits per heavy atom. The van der Waals surface area contributed by atoms with Crippen molar-refractivity contribution in [3.8, 4) is 5.69 Å². The molecule has 0 amide bonds. The van der Waals surface area contributed by atoms with E-state index < -0.39 is 11.9 Å². The number of hydrogen-bond donors (Lipinski definition) is 1. The predicted molar refractivity (Wildman–Crippen MR) is 60.5 cm³/mol. The van der Waals surface area contributed by atoms with Gasteiger partial charge in [0.25, 0.3) is 0 Å². The van der Waals surface area contributed by atoms with Crippen molar-refractivity contribution >= 4 is 16.8 Å². The Hall–Kier alpha value is -2.51. The maximum atomic E-state index is 12.5. The van der Waals surface area contributed by atoms with Gasteiger partial charge in [-0.1, -0.05) is 5.16 Å². The van der Waals surface area contributed by atoms with Crippen molar-refractivity contribution in [3.63, 3.8) is 0 Å². The van der Waals surface area contributed by atoms with Crippen LogP contribution in [0.5, 0.6) is 0 Å². The minimum Gasteiger partial charge on any atom is -0.380 e. The van der Waals surface area contributed by atoms with Gasteiger partial charge in [-0.25, -0.2) is 4.68 Å². The molecule has 0 aliphatic rings. The highest BCUT2D eigenvalue weighted by atomic mass is 19.4. The molecule has 3 rings (SSSR count). The van der Waals surface area contributed by atoms with E-state index in [4.69, 9.17) is 10.3 Å². The van der Waals surface area contributed by atoms with Gasteiger partial charge in [0.1, 0.15) is 0 Å². The number of rotatable bonds is 1. The summed E-state index contributed by atoms with van der Waals surface area (Å²) in [5.41, 5.74) is 5.54. The summed E-state index contributed by atoms with van der Waals surface area (Å²) < 4.78 is 43.4. The Morgan fingerprint density at radius 3 is 2.68 bits per heavy atom. The number of halogens is 3. The molecule has 98 valence electrons. The van der Waals surface area contributed by atoms with Crippen molar-refractivity contribution in [2.24, 2.45) is 0 Å². The van der Waals surface area contributed by atoms with Crippen LogP contribution in [0.4, 0.5) is 19.0 Å². The van der Waals surface area contributed by atoms with E-state index in [1.54, 1.807) is 18.2 Å². The van der Waals surface area contributed by atoms with Gasteiger partial charge in [-0.05, 0) is 24.3 Å². The summed E-state index contributed by atoms with van der Waals surface area (Å²) in [5.74, 6) is 0.181. The molecule has 0 radical (unpaired) electrons. The van der Waals surface area contributed by atoms with Crippen molar-refractivity contribution in [3.05, 3.63) is 36.2 Å². The van der Waals surface area contributed by atoms with E-state index >= 15 is 0 Å². The van der Waals surface area contributed by atoms with Crippen LogP contribution in [0.2, 0.25) is 0 Å². The number of fused-ring (bicyclic) bond motifs is 1. The van der Waals surface area contributed by atoms with Crippen LogP contribution in [0.15, 0.2) is 35.0 Å². The van der Waals surface area contributed by atoms with Gasteiger partial charge in [-0.15, -0.1) is 0 Å². The second-order valence-corrected chi connectivity index (χ2v) is 3.89. The SMILES string of the molecule is Nc1noc2ccc(-n3ccc(C(F)(F)F)n3)cc12. The standard InChI is InChI=1S/C11H7F3N4O/c12-11(13,14)9-3-4-18(16-9)6-1-2-8-7(5-6)10(15)17-19-8/h1-5H,(H2,15,17). The molecule has 0 aliphatic carbocycles. The van der Waals surface area contributed by atoms with Crippen molar-refractivity contribution in [1.29, 1.82) is 0 Å². The number of anilines is 1. The van der Waals surface area contributed by atoms with Crippen molar-refractivity contribution in [2.45, 2.75) is 6.18 Å². The van der Waals surface area contributed by atoms with Crippen LogP contribution in [-0.4, -0.2) is 14.9 Å². The highest BCUT2D eigenvalue weighted by molar-refractivity contribution is 5.88. The average Bonchev–Trinajstić information content (AvgIpc) is 2.96. The second-order valence-electron chi connectivity index (χ2n) is 3.89. The van der Waals surface area contributed by atoms with E-state index in [9.17, 15) is 13.2 Å². The molecule has 0 aliphatic heterocycles. The number of nitrogens with two attached hydrogens (primary N) is 1. The first kappa shape index (κ1) is 11.6. The fourth-order valence-electron chi connectivity index (χ4n) is 1.71. The van der Waals surface area contributed by atoms with E-state index in [1.165, 1.54) is 6.20 Å². The van der Waals surface area contributed by atoms with Gasteiger partial charge in [0.15, 0.2) is 17.1 Å². The monoisotopic (exact) mass is 268 g/mol. The lowest BCUT2D eigenvalue weighted by Crippen LogP contribution is -2.07. The second kappa shape index (κ2) is 3.74. The molecule has 8 heteroatoms. The average molecular weight is 268 g/mol. The maximum Gasteiger partial charge on any atom is 0.435 e. The number of aromatic nitrogens is 3. The number of benzene rings is 1. The third kappa shape index (κ3) is 1.90. The van der Waals surface area contributed by atoms with Gasteiger partial charge in [0.05, 0.1) is 11.1 Å². The van der Waals surface area contributed by atoms with Crippen molar-refractivity contribution in [2.75, 3.05) is 5.73 Å². The fourth-order valence-corrected chi connectivity index (χ4v) is 1.71. The highest BCUT2D eigenvalue weighted by Gasteiger charge is 2.33. The molecule has 0 unspecified atom stereocenters. The highest BCUT2D eigenvalue weighted by Crippen LogP contribution is 2.28. The van der Waals surface area contributed by atoms with Gasteiger partial charge in [0.2, 0.25) is 0 Å². The third-order valence-electron chi connectivity index (χ3n) is 2.63. The molecule has 1 aromatic carbocycles. The van der Waals surface area contributed by atoms with Gasteiger partial charge in [-0.3, -0.25) is 0 Å². The number of nitrogens with zero attached hydrogens (tertiary/aromatic N) is 3. The van der Waals surface area contributed by atoms with E-state index in [2.05, 4.69) is 10.3 Å². The first-order chi connectivity index (χ1) is 8.95. The third-order valence-corrected chi connectivity index (χ3v) is 2.63. The van der Waals surface area contributed by atoms with E-state index in [0.717, 1.165) is 10.7 Å². The number of alkyl halides is 3. The molecule has 2 aromatic heterocycles. The number of hydrogen-bond acceptors (Lipinski definition) is 4. The largest absolute Gasteiger partial charge is 0.435 e. The lowest BCUT2D eigenvalue weighted by molar-refractivity contribution is -0.141. The zero-order valence-electron chi connectivity index (χ0n) is 9.35. The van der Waals surface area contributed by atoms with Gasteiger partial charge >= 0.3 is 6.18 Å². The minimum atomic E-state index is -4.47. The first-order valence-electron chi connectivity index (χ1n) is 5.23. The fraction of sp³-hybridized carbons (Fsp3) is 0.0909. The summed E-state index contributed by atoms with van der Waals surface area (Å²) >= 11 is 0. The van der Waals surface area contributed by atoms with Crippen LogP contribution in [0, 0.1) is 0 Å². The van der Waals surface area contributed by atoms with Crippen molar-refractivity contribution in [1.82, 2.24) is 14.9 Å². The molecule has 0 spiro atoms. The molecule has 0 bridgehead atoms. The van der Waals surface area contributed by atoms with Gasteiger partial charge < -0.3 is 10.3 Å². The maximum absolute atomic E-state index is 12.5. The molecule has 0 saturated heterocycles. The number of nitrogen functional groups attached to an aromatic ring is 1. The van der Waals surface area contributed by atoms with E-state index in [1.807, 2.05) is 0 Å². The molecule has 19 heavy (non-hydrogen) atoms. The van der Waals surface area contributed by atoms with E-state index in [0.29, 0.717) is 16.7 Å².